The van der Waals surface area contributed by atoms with Gasteiger partial charge in [0.25, 0.3) is 0 Å². The van der Waals surface area contributed by atoms with E-state index in [9.17, 15) is 0 Å². The third-order valence-corrected chi connectivity index (χ3v) is 10.3. The van der Waals surface area contributed by atoms with E-state index in [1.54, 1.807) is 0 Å². The first-order valence-corrected chi connectivity index (χ1v) is 18.2. The number of rotatable bonds is 26. The molecule has 0 bridgehead atoms. The number of hydrogen-bond donors (Lipinski definition) is 0. The van der Waals surface area contributed by atoms with E-state index in [0.717, 1.165) is 6.42 Å². The normalized spacial score (nSPS) is 20.9. The molecule has 0 aromatic carbocycles. The number of allylic oxidation sites excluding steroid dienone is 1. The molecule has 0 radical (unpaired) electrons. The van der Waals surface area contributed by atoms with Crippen molar-refractivity contribution in [2.45, 2.75) is 177 Å². The molecule has 4 heteroatoms. The van der Waals surface area contributed by atoms with Gasteiger partial charge in [0.15, 0.2) is 0 Å². The molecule has 0 heterocycles. The maximum atomic E-state index is 7.36. The van der Waals surface area contributed by atoms with Crippen LogP contribution in [-0.2, 0) is 0 Å². The van der Waals surface area contributed by atoms with Gasteiger partial charge in [0, 0.05) is 12.1 Å². The number of alkyl halides is 2. The maximum absolute atomic E-state index is 7.36. The lowest BCUT2D eigenvalue weighted by atomic mass is 9.83. The predicted octanol–water partition coefficient (Wildman–Crippen LogP) is 11.5. The number of nitrogens with zero attached hydrogens (tertiary/aromatic N) is 2. The van der Waals surface area contributed by atoms with Gasteiger partial charge in [-0.2, -0.15) is 0 Å². The molecular formula is C36H68Cl2N2. The Morgan fingerprint density at radius 1 is 0.625 bits per heavy atom. The van der Waals surface area contributed by atoms with Crippen LogP contribution < -0.4 is 0 Å². The van der Waals surface area contributed by atoms with Crippen LogP contribution >= 0.6 is 23.2 Å². The van der Waals surface area contributed by atoms with Crippen LogP contribution in [0.1, 0.15) is 155 Å². The minimum atomic E-state index is -0.554. The third-order valence-electron chi connectivity index (χ3n) is 9.10. The van der Waals surface area contributed by atoms with E-state index in [1.807, 2.05) is 0 Å². The Hall–Kier alpha value is -0.0200. The molecule has 4 atom stereocenters. The van der Waals surface area contributed by atoms with E-state index in [4.69, 9.17) is 23.2 Å². The molecule has 1 aliphatic rings. The largest absolute Gasteiger partial charge is 0.304 e. The molecule has 0 fully saturated rings. The fraction of sp³-hybridized carbons (Fsp3) is 0.889. The summed E-state index contributed by atoms with van der Waals surface area (Å²) in [7, 11) is 8.73. The van der Waals surface area contributed by atoms with E-state index in [-0.39, 0.29) is 11.4 Å². The van der Waals surface area contributed by atoms with Crippen LogP contribution in [0.3, 0.4) is 0 Å². The van der Waals surface area contributed by atoms with Gasteiger partial charge < -0.3 is 9.80 Å². The fourth-order valence-electron chi connectivity index (χ4n) is 6.43. The zero-order valence-corrected chi connectivity index (χ0v) is 29.2. The number of halogens is 2. The van der Waals surface area contributed by atoms with Crippen LogP contribution in [0, 0.1) is 0 Å². The third kappa shape index (κ3) is 15.5. The molecule has 4 unspecified atom stereocenters. The highest BCUT2D eigenvalue weighted by Gasteiger charge is 2.43. The summed E-state index contributed by atoms with van der Waals surface area (Å²) >= 11 is 14.5. The van der Waals surface area contributed by atoms with Gasteiger partial charge in [-0.15, -0.1) is 23.2 Å². The first-order chi connectivity index (χ1) is 19.3. The summed E-state index contributed by atoms with van der Waals surface area (Å²) in [6, 6.07) is 0.645. The molecule has 1 aliphatic carbocycles. The van der Waals surface area contributed by atoms with E-state index >= 15 is 0 Å². The van der Waals surface area contributed by atoms with Crippen molar-refractivity contribution in [2.24, 2.45) is 0 Å². The van der Waals surface area contributed by atoms with Crippen LogP contribution in [0.4, 0.5) is 0 Å². The number of hydrogen-bond acceptors (Lipinski definition) is 2. The number of likely N-dealkylation sites (N-methyl/N-ethyl adjacent to an activating group) is 1. The summed E-state index contributed by atoms with van der Waals surface area (Å²) in [5.41, 5.74) is 1.34. The lowest BCUT2D eigenvalue weighted by Gasteiger charge is -2.42. The fourth-order valence-corrected chi connectivity index (χ4v) is 7.23. The van der Waals surface area contributed by atoms with Crippen LogP contribution in [0.5, 0.6) is 0 Å². The zero-order chi connectivity index (χ0) is 29.6. The van der Waals surface area contributed by atoms with Crippen LogP contribution in [0.25, 0.3) is 0 Å². The maximum Gasteiger partial charge on any atom is 0.0981 e. The Kier molecular flexibility index (Phi) is 22.3. The second-order valence-corrected chi connectivity index (χ2v) is 14.3. The monoisotopic (exact) mass is 598 g/mol. The molecule has 0 N–H and O–H groups in total. The Balaban J connectivity index is 2.47. The van der Waals surface area contributed by atoms with Crippen LogP contribution in [0.15, 0.2) is 23.8 Å². The van der Waals surface area contributed by atoms with Gasteiger partial charge in [-0.05, 0) is 46.6 Å². The minimum Gasteiger partial charge on any atom is -0.304 e. The second-order valence-electron chi connectivity index (χ2n) is 13.1. The van der Waals surface area contributed by atoms with Crippen molar-refractivity contribution in [1.82, 2.24) is 9.80 Å². The highest BCUT2D eigenvalue weighted by molar-refractivity contribution is 6.35. The number of unbranched alkanes of at least 4 members (excludes halogenated alkanes) is 18. The molecule has 236 valence electrons. The highest BCUT2D eigenvalue weighted by Crippen LogP contribution is 2.40. The molecule has 40 heavy (non-hydrogen) atoms. The molecule has 0 aliphatic heterocycles. The molecule has 1 rings (SSSR count). The van der Waals surface area contributed by atoms with Crippen molar-refractivity contribution in [3.05, 3.63) is 23.8 Å². The summed E-state index contributed by atoms with van der Waals surface area (Å²) in [6.07, 6.45) is 36.5. The van der Waals surface area contributed by atoms with Crippen LogP contribution in [-0.4, -0.2) is 60.3 Å². The Bertz CT molecular complexity index is 659. The smallest absolute Gasteiger partial charge is 0.0981 e. The molecule has 0 aromatic heterocycles. The van der Waals surface area contributed by atoms with Gasteiger partial charge in [0.1, 0.15) is 0 Å². The van der Waals surface area contributed by atoms with Gasteiger partial charge in [-0.3, -0.25) is 0 Å². The first-order valence-electron chi connectivity index (χ1n) is 17.3. The second kappa shape index (κ2) is 23.4. The first kappa shape index (κ1) is 38.0. The van der Waals surface area contributed by atoms with Crippen molar-refractivity contribution < 1.29 is 0 Å². The lowest BCUT2D eigenvalue weighted by molar-refractivity contribution is 0.233. The molecule has 0 aromatic rings. The van der Waals surface area contributed by atoms with E-state index in [0.29, 0.717) is 6.04 Å². The van der Waals surface area contributed by atoms with Gasteiger partial charge in [-0.25, -0.2) is 0 Å². The van der Waals surface area contributed by atoms with Crippen molar-refractivity contribution in [1.29, 1.82) is 0 Å². The average Bonchev–Trinajstić information content (AvgIpc) is 2.91. The van der Waals surface area contributed by atoms with E-state index < -0.39 is 4.87 Å². The van der Waals surface area contributed by atoms with Crippen molar-refractivity contribution in [3.63, 3.8) is 0 Å². The summed E-state index contributed by atoms with van der Waals surface area (Å²) in [6.45, 7) is 4.58. The standard InChI is InChI=1S/C36H68Cl2N2/c1-7-9-11-13-15-17-19-21-23-25-27-33(39(3)4)32-29-30-36(38,34(37)31-32)35(40(5)6)28-26-24-22-20-18-16-14-12-10-8-2/h29-31,33-35H,7-28H2,1-6H3. The van der Waals surface area contributed by atoms with Gasteiger partial charge in [-0.1, -0.05) is 160 Å². The molecule has 0 spiro atoms. The summed E-state index contributed by atoms with van der Waals surface area (Å²) in [5, 5.41) is -0.195. The van der Waals surface area contributed by atoms with E-state index in [1.165, 1.54) is 140 Å². The Morgan fingerprint density at radius 3 is 1.40 bits per heavy atom. The average molecular weight is 600 g/mol. The molecule has 0 saturated carbocycles. The van der Waals surface area contributed by atoms with Crippen molar-refractivity contribution >= 4 is 23.2 Å². The van der Waals surface area contributed by atoms with Gasteiger partial charge >= 0.3 is 0 Å². The molecular weight excluding hydrogens is 531 g/mol. The van der Waals surface area contributed by atoms with Gasteiger partial charge in [0.05, 0.1) is 10.3 Å². The SMILES string of the molecule is CCCCCCCCCCCCC(C1=CC(Cl)C(Cl)(C(CCCCCCCCCCCC)N(C)C)C=C1)N(C)C. The quantitative estimate of drug-likeness (QED) is 0.0721. The molecule has 0 amide bonds. The van der Waals surface area contributed by atoms with Crippen molar-refractivity contribution in [2.75, 3.05) is 28.2 Å². The van der Waals surface area contributed by atoms with E-state index in [2.05, 4.69) is 70.1 Å². The summed E-state index contributed by atoms with van der Waals surface area (Å²) in [4.78, 5) is 4.11. The zero-order valence-electron chi connectivity index (χ0n) is 27.7. The predicted molar refractivity (Wildman–Crippen MR) is 183 cm³/mol. The minimum absolute atomic E-state index is 0.195. The van der Waals surface area contributed by atoms with Crippen molar-refractivity contribution in [3.8, 4) is 0 Å². The Morgan fingerprint density at radius 2 is 1.02 bits per heavy atom. The summed E-state index contributed by atoms with van der Waals surface area (Å²) in [5.74, 6) is 0. The Labute approximate surface area is 261 Å². The molecule has 0 saturated heterocycles. The van der Waals surface area contributed by atoms with Crippen LogP contribution in [0.2, 0.25) is 0 Å². The highest BCUT2D eigenvalue weighted by atomic mass is 35.5. The summed E-state index contributed by atoms with van der Waals surface area (Å²) < 4.78 is 0. The molecule has 2 nitrogen and oxygen atoms in total. The van der Waals surface area contributed by atoms with Gasteiger partial charge in [0.2, 0.25) is 0 Å². The topological polar surface area (TPSA) is 6.48 Å². The lowest BCUT2D eigenvalue weighted by Crippen LogP contribution is -2.51.